The van der Waals surface area contributed by atoms with Crippen LogP contribution in [-0.2, 0) is 0 Å². The lowest BCUT2D eigenvalue weighted by Gasteiger charge is -2.38. The van der Waals surface area contributed by atoms with Crippen molar-refractivity contribution in [2.75, 3.05) is 65.3 Å². The quantitative estimate of drug-likeness (QED) is 0.896. The van der Waals surface area contributed by atoms with E-state index in [9.17, 15) is 4.79 Å². The minimum Gasteiger partial charge on any atom is -0.496 e. The molecule has 0 aliphatic carbocycles. The minimum atomic E-state index is -0.0204. The van der Waals surface area contributed by atoms with Crippen LogP contribution in [-0.4, -0.2) is 80.7 Å². The number of nitrogens with one attached hydrogen (secondary N) is 1. The third-order valence-corrected chi connectivity index (χ3v) is 5.56. The second-order valence-corrected chi connectivity index (χ2v) is 7.67. The molecule has 3 rings (SSSR count). The highest BCUT2D eigenvalue weighted by atomic mass is 16.5. The summed E-state index contributed by atoms with van der Waals surface area (Å²) >= 11 is 0. The maximum Gasteiger partial charge on any atom is 0.321 e. The molecule has 2 heterocycles. The molecule has 0 spiro atoms. The van der Waals surface area contributed by atoms with E-state index in [0.29, 0.717) is 0 Å². The van der Waals surface area contributed by atoms with Gasteiger partial charge >= 0.3 is 6.03 Å². The molecule has 0 bridgehead atoms. The topological polar surface area (TPSA) is 48.1 Å². The van der Waals surface area contributed by atoms with E-state index in [1.54, 1.807) is 7.11 Å². The zero-order chi connectivity index (χ0) is 18.5. The van der Waals surface area contributed by atoms with Gasteiger partial charge in [-0.1, -0.05) is 6.07 Å². The molecular weight excluding hydrogens is 328 g/mol. The predicted molar refractivity (Wildman–Crippen MR) is 105 cm³/mol. The first-order valence-electron chi connectivity index (χ1n) is 9.66. The van der Waals surface area contributed by atoms with E-state index >= 15 is 0 Å². The zero-order valence-electron chi connectivity index (χ0n) is 16.3. The average Bonchev–Trinajstić information content (AvgIpc) is 2.64. The van der Waals surface area contributed by atoms with Crippen molar-refractivity contribution < 1.29 is 9.53 Å². The fourth-order valence-corrected chi connectivity index (χ4v) is 4.02. The number of rotatable bonds is 4. The van der Waals surface area contributed by atoms with E-state index in [1.807, 2.05) is 30.0 Å². The van der Waals surface area contributed by atoms with E-state index in [0.717, 1.165) is 55.6 Å². The third-order valence-electron chi connectivity index (χ3n) is 5.56. The first-order chi connectivity index (χ1) is 12.5. The van der Waals surface area contributed by atoms with Gasteiger partial charge in [-0.25, -0.2) is 4.79 Å². The standard InChI is InChI=1S/C20H32N4O2/c1-16-6-7-18(13-19(16)26-3)21-20(25)24-11-9-23(10-12-24)15-17-5-4-8-22(2)14-17/h6-7,13,17H,4-5,8-12,14-15H2,1-3H3,(H,21,25). The molecule has 1 aromatic rings. The number of anilines is 1. The SMILES string of the molecule is COc1cc(NC(=O)N2CCN(CC3CCCN(C)C3)CC2)ccc1C. The van der Waals surface area contributed by atoms with Gasteiger partial charge in [0.2, 0.25) is 0 Å². The molecule has 0 radical (unpaired) electrons. The van der Waals surface area contributed by atoms with Crippen molar-refractivity contribution in [2.45, 2.75) is 19.8 Å². The lowest BCUT2D eigenvalue weighted by molar-refractivity contribution is 0.109. The number of carbonyl (C=O) groups is 1. The predicted octanol–water partition coefficient (Wildman–Crippen LogP) is 2.49. The molecule has 26 heavy (non-hydrogen) atoms. The van der Waals surface area contributed by atoms with Crippen LogP contribution in [0.3, 0.4) is 0 Å². The Labute approximate surface area is 157 Å². The highest BCUT2D eigenvalue weighted by molar-refractivity contribution is 5.89. The molecular formula is C20H32N4O2. The molecule has 2 saturated heterocycles. The summed E-state index contributed by atoms with van der Waals surface area (Å²) in [6.45, 7) is 9.09. The molecule has 0 aromatic heterocycles. The fourth-order valence-electron chi connectivity index (χ4n) is 4.02. The van der Waals surface area contributed by atoms with Crippen LogP contribution in [0.25, 0.3) is 0 Å². The van der Waals surface area contributed by atoms with Crippen LogP contribution >= 0.6 is 0 Å². The van der Waals surface area contributed by atoms with Crippen LogP contribution in [0, 0.1) is 12.8 Å². The molecule has 6 nitrogen and oxygen atoms in total. The Bertz CT molecular complexity index is 614. The molecule has 1 atom stereocenters. The normalized spacial score (nSPS) is 22.3. The second kappa shape index (κ2) is 8.73. The van der Waals surface area contributed by atoms with Gasteiger partial charge in [-0.2, -0.15) is 0 Å². The Morgan fingerprint density at radius 3 is 2.69 bits per heavy atom. The molecule has 1 N–H and O–H groups in total. The number of urea groups is 1. The number of hydrogen-bond donors (Lipinski definition) is 1. The third kappa shape index (κ3) is 4.89. The zero-order valence-corrected chi connectivity index (χ0v) is 16.3. The summed E-state index contributed by atoms with van der Waals surface area (Å²) < 4.78 is 5.33. The number of likely N-dealkylation sites (tertiary alicyclic amines) is 1. The molecule has 2 amide bonds. The van der Waals surface area contributed by atoms with Gasteiger partial charge in [0.25, 0.3) is 0 Å². The Morgan fingerprint density at radius 1 is 1.23 bits per heavy atom. The van der Waals surface area contributed by atoms with E-state index in [-0.39, 0.29) is 6.03 Å². The van der Waals surface area contributed by atoms with Crippen LogP contribution in [0.4, 0.5) is 10.5 Å². The van der Waals surface area contributed by atoms with Crippen LogP contribution in [0.15, 0.2) is 18.2 Å². The van der Waals surface area contributed by atoms with Gasteiger partial charge < -0.3 is 19.9 Å². The largest absolute Gasteiger partial charge is 0.496 e. The maximum atomic E-state index is 12.5. The number of methoxy groups -OCH3 is 1. The van der Waals surface area contributed by atoms with E-state index in [1.165, 1.54) is 25.9 Å². The van der Waals surface area contributed by atoms with Crippen LogP contribution in [0.2, 0.25) is 0 Å². The molecule has 1 unspecified atom stereocenters. The van der Waals surface area contributed by atoms with Gasteiger partial charge in [0.15, 0.2) is 0 Å². The van der Waals surface area contributed by atoms with Gasteiger partial charge in [-0.05, 0) is 50.9 Å². The molecule has 1 aromatic carbocycles. The van der Waals surface area contributed by atoms with Gasteiger partial charge in [-0.3, -0.25) is 4.90 Å². The van der Waals surface area contributed by atoms with Gasteiger partial charge in [0, 0.05) is 51.0 Å². The van der Waals surface area contributed by atoms with E-state index < -0.39 is 0 Å². The first kappa shape index (κ1) is 19.0. The van der Waals surface area contributed by atoms with Crippen LogP contribution in [0.5, 0.6) is 5.75 Å². The Morgan fingerprint density at radius 2 is 2.00 bits per heavy atom. The average molecular weight is 361 g/mol. The summed E-state index contributed by atoms with van der Waals surface area (Å²) in [7, 11) is 3.87. The summed E-state index contributed by atoms with van der Waals surface area (Å²) in [5.41, 5.74) is 1.84. The summed E-state index contributed by atoms with van der Waals surface area (Å²) in [6.07, 6.45) is 2.64. The Balaban J connectivity index is 1.46. The number of amides is 2. The smallest absolute Gasteiger partial charge is 0.321 e. The first-order valence-corrected chi connectivity index (χ1v) is 9.66. The number of aryl methyl sites for hydroxylation is 1. The number of benzene rings is 1. The van der Waals surface area contributed by atoms with Crippen molar-refractivity contribution in [1.29, 1.82) is 0 Å². The van der Waals surface area contributed by atoms with E-state index in [4.69, 9.17) is 4.74 Å². The number of ether oxygens (including phenoxy) is 1. The molecule has 2 aliphatic rings. The van der Waals surface area contributed by atoms with Crippen molar-refractivity contribution >= 4 is 11.7 Å². The number of carbonyl (C=O) groups excluding carboxylic acids is 1. The number of piperidine rings is 1. The summed E-state index contributed by atoms with van der Waals surface area (Å²) in [5, 5.41) is 3.00. The lowest BCUT2D eigenvalue weighted by Crippen LogP contribution is -2.51. The monoisotopic (exact) mass is 360 g/mol. The molecule has 6 heteroatoms. The van der Waals surface area contributed by atoms with E-state index in [2.05, 4.69) is 22.2 Å². The van der Waals surface area contributed by atoms with Crippen molar-refractivity contribution in [2.24, 2.45) is 5.92 Å². The Hall–Kier alpha value is -1.79. The number of nitrogens with zero attached hydrogens (tertiary/aromatic N) is 3. The molecule has 144 valence electrons. The maximum absolute atomic E-state index is 12.5. The number of hydrogen-bond acceptors (Lipinski definition) is 4. The second-order valence-electron chi connectivity index (χ2n) is 7.67. The van der Waals surface area contributed by atoms with Gasteiger partial charge in [0.1, 0.15) is 5.75 Å². The van der Waals surface area contributed by atoms with Crippen LogP contribution < -0.4 is 10.1 Å². The summed E-state index contributed by atoms with van der Waals surface area (Å²) in [4.78, 5) is 19.4. The van der Waals surface area contributed by atoms with Crippen molar-refractivity contribution in [3.8, 4) is 5.75 Å². The van der Waals surface area contributed by atoms with Crippen molar-refractivity contribution in [1.82, 2.24) is 14.7 Å². The lowest BCUT2D eigenvalue weighted by atomic mass is 9.97. The number of piperazine rings is 1. The van der Waals surface area contributed by atoms with Crippen molar-refractivity contribution in [3.63, 3.8) is 0 Å². The van der Waals surface area contributed by atoms with Crippen LogP contribution in [0.1, 0.15) is 18.4 Å². The summed E-state index contributed by atoms with van der Waals surface area (Å²) in [6, 6.07) is 5.75. The highest BCUT2D eigenvalue weighted by Crippen LogP contribution is 2.22. The molecule has 0 saturated carbocycles. The fraction of sp³-hybridized carbons (Fsp3) is 0.650. The highest BCUT2D eigenvalue weighted by Gasteiger charge is 2.25. The van der Waals surface area contributed by atoms with Gasteiger partial charge in [-0.15, -0.1) is 0 Å². The Kier molecular flexibility index (Phi) is 6.38. The van der Waals surface area contributed by atoms with Gasteiger partial charge in [0.05, 0.1) is 7.11 Å². The molecule has 2 fully saturated rings. The summed E-state index contributed by atoms with van der Waals surface area (Å²) in [5.74, 6) is 1.57. The molecule has 2 aliphatic heterocycles. The van der Waals surface area contributed by atoms with Crippen molar-refractivity contribution in [3.05, 3.63) is 23.8 Å². The minimum absolute atomic E-state index is 0.0204.